The first kappa shape index (κ1) is 16.7. The summed E-state index contributed by atoms with van der Waals surface area (Å²) in [4.78, 5) is 11.7. The lowest BCUT2D eigenvalue weighted by Gasteiger charge is -2.16. The van der Waals surface area contributed by atoms with Crippen molar-refractivity contribution in [2.24, 2.45) is 5.92 Å². The van der Waals surface area contributed by atoms with Crippen LogP contribution in [0.25, 0.3) is 0 Å². The first-order valence-corrected chi connectivity index (χ1v) is 8.38. The van der Waals surface area contributed by atoms with E-state index in [1.54, 1.807) is 0 Å². The molecular weight excluding hydrogens is 236 g/mol. The molecule has 19 heavy (non-hydrogen) atoms. The molecule has 2 nitrogen and oxygen atoms in total. The van der Waals surface area contributed by atoms with Gasteiger partial charge in [0, 0.05) is 12.8 Å². The molecule has 1 saturated carbocycles. The third-order valence-electron chi connectivity index (χ3n) is 4.33. The second-order valence-electron chi connectivity index (χ2n) is 6.44. The van der Waals surface area contributed by atoms with Gasteiger partial charge in [-0.15, -0.1) is 0 Å². The van der Waals surface area contributed by atoms with Crippen LogP contribution in [0.2, 0.25) is 0 Å². The van der Waals surface area contributed by atoms with E-state index in [0.717, 1.165) is 38.5 Å². The molecule has 0 aromatic rings. The van der Waals surface area contributed by atoms with Crippen LogP contribution in [0, 0.1) is 5.92 Å². The van der Waals surface area contributed by atoms with Crippen molar-refractivity contribution in [1.29, 1.82) is 0 Å². The number of carbonyl (C=O) groups is 1. The Balaban J connectivity index is 2.30. The average molecular weight is 268 g/mol. The van der Waals surface area contributed by atoms with Crippen molar-refractivity contribution in [1.82, 2.24) is 0 Å². The van der Waals surface area contributed by atoms with Crippen molar-refractivity contribution in [3.05, 3.63) is 0 Å². The van der Waals surface area contributed by atoms with Crippen LogP contribution >= 0.6 is 0 Å². The van der Waals surface area contributed by atoms with E-state index in [9.17, 15) is 9.90 Å². The van der Waals surface area contributed by atoms with Crippen molar-refractivity contribution in [3.8, 4) is 0 Å². The minimum atomic E-state index is -0.155. The molecule has 0 radical (unpaired) electrons. The Morgan fingerprint density at radius 1 is 0.842 bits per heavy atom. The van der Waals surface area contributed by atoms with Crippen molar-refractivity contribution >= 4 is 5.78 Å². The summed E-state index contributed by atoms with van der Waals surface area (Å²) in [6.45, 7) is 2.17. The smallest absolute Gasteiger partial charge is 0.132 e. The number of ketones is 1. The molecule has 2 atom stereocenters. The van der Waals surface area contributed by atoms with Gasteiger partial charge in [0.15, 0.2) is 0 Å². The number of carbonyl (C=O) groups excluding carboxylic acids is 1. The molecule has 2 unspecified atom stereocenters. The Labute approximate surface area is 119 Å². The Kier molecular flexibility index (Phi) is 9.15. The van der Waals surface area contributed by atoms with E-state index in [4.69, 9.17) is 0 Å². The summed E-state index contributed by atoms with van der Waals surface area (Å²) in [5, 5.41) is 9.97. The third-order valence-corrected chi connectivity index (χ3v) is 4.33. The van der Waals surface area contributed by atoms with Crippen LogP contribution < -0.4 is 0 Å². The van der Waals surface area contributed by atoms with Gasteiger partial charge in [0.1, 0.15) is 5.78 Å². The van der Waals surface area contributed by atoms with Crippen molar-refractivity contribution in [2.75, 3.05) is 0 Å². The summed E-state index contributed by atoms with van der Waals surface area (Å²) >= 11 is 0. The molecule has 112 valence electrons. The fraction of sp³-hybridized carbons (Fsp3) is 0.941. The van der Waals surface area contributed by atoms with Gasteiger partial charge in [0.05, 0.1) is 6.10 Å². The molecule has 0 heterocycles. The maximum Gasteiger partial charge on any atom is 0.132 e. The number of hydrogen-bond acceptors (Lipinski definition) is 2. The molecule has 1 N–H and O–H groups in total. The van der Waals surface area contributed by atoms with Gasteiger partial charge in [0.25, 0.3) is 0 Å². The fourth-order valence-electron chi connectivity index (χ4n) is 3.00. The maximum atomic E-state index is 11.7. The zero-order valence-corrected chi connectivity index (χ0v) is 12.7. The highest BCUT2D eigenvalue weighted by atomic mass is 16.3. The monoisotopic (exact) mass is 268 g/mol. The second kappa shape index (κ2) is 10.4. The van der Waals surface area contributed by atoms with E-state index >= 15 is 0 Å². The van der Waals surface area contributed by atoms with Gasteiger partial charge in [-0.25, -0.2) is 0 Å². The van der Waals surface area contributed by atoms with E-state index in [1.165, 1.54) is 38.5 Å². The van der Waals surface area contributed by atoms with Crippen molar-refractivity contribution in [2.45, 2.75) is 96.5 Å². The van der Waals surface area contributed by atoms with Gasteiger partial charge in [0.2, 0.25) is 0 Å². The number of rotatable bonds is 0. The number of Topliss-reactive ketones (excluding diaryl/α,β-unsaturated/α-hetero) is 1. The Bertz CT molecular complexity index is 237. The zero-order valence-electron chi connectivity index (χ0n) is 12.7. The first-order valence-electron chi connectivity index (χ1n) is 8.38. The minimum Gasteiger partial charge on any atom is -0.393 e. The van der Waals surface area contributed by atoms with Crippen LogP contribution in [-0.4, -0.2) is 17.0 Å². The minimum absolute atomic E-state index is 0.155. The van der Waals surface area contributed by atoms with Crippen LogP contribution in [0.1, 0.15) is 90.4 Å². The molecule has 0 aromatic carbocycles. The van der Waals surface area contributed by atoms with E-state index in [2.05, 4.69) is 6.92 Å². The summed E-state index contributed by atoms with van der Waals surface area (Å²) in [6, 6.07) is 0. The van der Waals surface area contributed by atoms with E-state index < -0.39 is 0 Å². The molecule has 1 rings (SSSR count). The largest absolute Gasteiger partial charge is 0.393 e. The third kappa shape index (κ3) is 9.21. The van der Waals surface area contributed by atoms with Gasteiger partial charge in [-0.2, -0.15) is 0 Å². The van der Waals surface area contributed by atoms with Crippen LogP contribution in [0.5, 0.6) is 0 Å². The van der Waals surface area contributed by atoms with Gasteiger partial charge < -0.3 is 5.11 Å². The van der Waals surface area contributed by atoms with Gasteiger partial charge in [-0.3, -0.25) is 4.79 Å². The highest BCUT2D eigenvalue weighted by Crippen LogP contribution is 2.19. The first-order chi connectivity index (χ1) is 9.18. The highest BCUT2D eigenvalue weighted by molar-refractivity contribution is 5.78. The van der Waals surface area contributed by atoms with Gasteiger partial charge >= 0.3 is 0 Å². The van der Waals surface area contributed by atoms with Crippen LogP contribution in [0.3, 0.4) is 0 Å². The summed E-state index contributed by atoms with van der Waals surface area (Å²) in [5.74, 6) is 0.903. The molecule has 0 spiro atoms. The van der Waals surface area contributed by atoms with Crippen molar-refractivity contribution in [3.63, 3.8) is 0 Å². The lowest BCUT2D eigenvalue weighted by atomic mass is 9.93. The van der Waals surface area contributed by atoms with Gasteiger partial charge in [-0.05, 0) is 31.6 Å². The molecule has 0 amide bonds. The van der Waals surface area contributed by atoms with Crippen molar-refractivity contribution < 1.29 is 9.90 Å². The molecule has 1 aliphatic carbocycles. The van der Waals surface area contributed by atoms with Gasteiger partial charge in [-0.1, -0.05) is 51.9 Å². The normalized spacial score (nSPS) is 30.1. The molecule has 0 aliphatic heterocycles. The summed E-state index contributed by atoms with van der Waals surface area (Å²) < 4.78 is 0. The molecular formula is C17H32O2. The lowest BCUT2D eigenvalue weighted by Crippen LogP contribution is -2.13. The quantitative estimate of drug-likeness (QED) is 0.695. The van der Waals surface area contributed by atoms with E-state index in [0.29, 0.717) is 18.1 Å². The molecule has 0 bridgehead atoms. The molecule has 1 fully saturated rings. The second-order valence-corrected chi connectivity index (χ2v) is 6.44. The fourth-order valence-corrected chi connectivity index (χ4v) is 3.00. The van der Waals surface area contributed by atoms with E-state index in [1.807, 2.05) is 0 Å². The summed E-state index contributed by atoms with van der Waals surface area (Å²) in [6.07, 6.45) is 14.1. The number of hydrogen-bond donors (Lipinski definition) is 1. The predicted molar refractivity (Wildman–Crippen MR) is 80.2 cm³/mol. The standard InChI is InChI=1S/C17H32O2/c1-15-12-13-16(18)10-8-6-4-2-3-5-7-9-11-17(19)14-15/h15,17,19H,2-14H2,1H3. The van der Waals surface area contributed by atoms with Crippen LogP contribution in [0.15, 0.2) is 0 Å². The zero-order chi connectivity index (χ0) is 13.9. The molecule has 2 heteroatoms. The predicted octanol–water partition coefficient (Wildman–Crippen LogP) is 4.64. The maximum absolute atomic E-state index is 11.7. The Morgan fingerprint density at radius 2 is 1.42 bits per heavy atom. The topological polar surface area (TPSA) is 37.3 Å². The summed E-state index contributed by atoms with van der Waals surface area (Å²) in [5.41, 5.74) is 0. The Hall–Kier alpha value is -0.370. The summed E-state index contributed by atoms with van der Waals surface area (Å²) in [7, 11) is 0. The number of aliphatic hydroxyl groups is 1. The van der Waals surface area contributed by atoms with Crippen LogP contribution in [0.4, 0.5) is 0 Å². The molecule has 0 saturated heterocycles. The molecule has 1 aliphatic rings. The Morgan fingerprint density at radius 3 is 2.11 bits per heavy atom. The molecule has 0 aromatic heterocycles. The van der Waals surface area contributed by atoms with Crippen LogP contribution in [-0.2, 0) is 4.79 Å². The SMILES string of the molecule is CC1CCC(=O)CCCCCCCCCCC(O)C1. The lowest BCUT2D eigenvalue weighted by molar-refractivity contribution is -0.119. The number of aliphatic hydroxyl groups excluding tert-OH is 1. The van der Waals surface area contributed by atoms with E-state index in [-0.39, 0.29) is 6.10 Å². The average Bonchev–Trinajstić information content (AvgIpc) is 2.37. The highest BCUT2D eigenvalue weighted by Gasteiger charge is 2.12.